The Morgan fingerprint density at radius 1 is 1.23 bits per heavy atom. The zero-order valence-corrected chi connectivity index (χ0v) is 19.4. The molecule has 3 rings (SSSR count). The van der Waals surface area contributed by atoms with Gasteiger partial charge < -0.3 is 5.32 Å². The second-order valence-corrected chi connectivity index (χ2v) is 10.7. The van der Waals surface area contributed by atoms with Crippen molar-refractivity contribution in [1.29, 1.82) is 0 Å². The van der Waals surface area contributed by atoms with Crippen LogP contribution in [0.2, 0.25) is 0 Å². The molecule has 1 aliphatic rings. The number of benzene rings is 1. The number of carbonyl (C=O) groups is 1. The van der Waals surface area contributed by atoms with Gasteiger partial charge in [0.05, 0.1) is 22.1 Å². The van der Waals surface area contributed by atoms with Gasteiger partial charge in [0.2, 0.25) is 15.9 Å². The summed E-state index contributed by atoms with van der Waals surface area (Å²) >= 11 is 1.66. The van der Waals surface area contributed by atoms with Crippen LogP contribution in [0.5, 0.6) is 0 Å². The highest BCUT2D eigenvalue weighted by atomic mass is 32.2. The first-order valence-electron chi connectivity index (χ1n) is 10.3. The number of nitrogens with zero attached hydrogens (tertiary/aromatic N) is 2. The summed E-state index contributed by atoms with van der Waals surface area (Å²) in [5.74, 6) is 0.0243. The van der Waals surface area contributed by atoms with E-state index in [0.29, 0.717) is 17.8 Å². The number of likely N-dealkylation sites (tertiary alicyclic amines) is 1. The second kappa shape index (κ2) is 9.89. The number of sulfonamides is 1. The maximum Gasteiger partial charge on any atom is 0.232 e. The largest absolute Gasteiger partial charge is 0.326 e. The zero-order valence-electron chi connectivity index (χ0n) is 17.8. The number of hydrogen-bond donors (Lipinski definition) is 2. The summed E-state index contributed by atoms with van der Waals surface area (Å²) in [7, 11) is -3.38. The molecule has 0 aliphatic carbocycles. The van der Waals surface area contributed by atoms with Gasteiger partial charge in [-0.15, -0.1) is 11.3 Å². The Morgan fingerprint density at radius 3 is 2.57 bits per heavy atom. The normalized spacial score (nSPS) is 15.8. The Bertz CT molecular complexity index is 980. The van der Waals surface area contributed by atoms with Gasteiger partial charge in [-0.2, -0.15) is 0 Å². The quantitative estimate of drug-likeness (QED) is 0.639. The molecule has 1 saturated heterocycles. The van der Waals surface area contributed by atoms with Crippen molar-refractivity contribution in [3.8, 4) is 0 Å². The van der Waals surface area contributed by atoms with Crippen LogP contribution < -0.4 is 10.0 Å². The molecular formula is C21H30N4O3S2. The summed E-state index contributed by atoms with van der Waals surface area (Å²) in [4.78, 5) is 19.7. The predicted molar refractivity (Wildman–Crippen MR) is 122 cm³/mol. The van der Waals surface area contributed by atoms with Crippen molar-refractivity contribution in [2.75, 3.05) is 28.9 Å². The minimum atomic E-state index is -3.38. The van der Waals surface area contributed by atoms with Crippen LogP contribution in [-0.4, -0.2) is 43.1 Å². The fourth-order valence-electron chi connectivity index (χ4n) is 3.67. The summed E-state index contributed by atoms with van der Waals surface area (Å²) in [5.41, 5.74) is 2.98. The average molecular weight is 451 g/mol. The molecule has 30 heavy (non-hydrogen) atoms. The average Bonchev–Trinajstić information content (AvgIpc) is 3.10. The fourth-order valence-corrected chi connectivity index (χ4v) is 5.47. The van der Waals surface area contributed by atoms with Crippen molar-refractivity contribution in [2.45, 2.75) is 46.6 Å². The van der Waals surface area contributed by atoms with Crippen LogP contribution in [0.4, 0.5) is 11.4 Å². The summed E-state index contributed by atoms with van der Waals surface area (Å²) in [6, 6.07) is 5.28. The first kappa shape index (κ1) is 22.7. The van der Waals surface area contributed by atoms with Crippen molar-refractivity contribution in [3.63, 3.8) is 0 Å². The molecule has 7 nitrogen and oxygen atoms in total. The van der Waals surface area contributed by atoms with E-state index in [9.17, 15) is 13.2 Å². The third kappa shape index (κ3) is 6.02. The molecule has 0 atom stereocenters. The molecule has 0 radical (unpaired) electrons. The Morgan fingerprint density at radius 2 is 1.93 bits per heavy atom. The molecule has 0 bridgehead atoms. The molecule has 2 heterocycles. The minimum Gasteiger partial charge on any atom is -0.326 e. The number of anilines is 2. The number of carbonyl (C=O) groups excluding carboxylic acids is 1. The monoisotopic (exact) mass is 450 g/mol. The van der Waals surface area contributed by atoms with E-state index in [0.717, 1.165) is 48.7 Å². The van der Waals surface area contributed by atoms with Crippen LogP contribution in [0.25, 0.3) is 0 Å². The molecule has 2 aromatic rings. The van der Waals surface area contributed by atoms with Gasteiger partial charge in [0.1, 0.15) is 0 Å². The van der Waals surface area contributed by atoms with Gasteiger partial charge in [-0.3, -0.25) is 14.4 Å². The Balaban J connectivity index is 1.57. The SMILES string of the molecule is CCCS(=O)(=O)Nc1cccc(NC(=O)C2CCN(Cc3csc(C)n3)CC2)c1C. The lowest BCUT2D eigenvalue weighted by Gasteiger charge is -2.30. The Kier molecular flexibility index (Phi) is 7.49. The van der Waals surface area contributed by atoms with Crippen LogP contribution in [-0.2, 0) is 21.4 Å². The number of thiazole rings is 1. The topological polar surface area (TPSA) is 91.4 Å². The van der Waals surface area contributed by atoms with Crippen LogP contribution >= 0.6 is 11.3 Å². The molecule has 2 N–H and O–H groups in total. The molecule has 9 heteroatoms. The van der Waals surface area contributed by atoms with Crippen LogP contribution in [0.3, 0.4) is 0 Å². The number of rotatable bonds is 8. The van der Waals surface area contributed by atoms with Crippen LogP contribution in [0, 0.1) is 19.8 Å². The van der Waals surface area contributed by atoms with E-state index in [2.05, 4.69) is 25.3 Å². The van der Waals surface area contributed by atoms with Crippen molar-refractivity contribution in [2.24, 2.45) is 5.92 Å². The molecule has 0 unspecified atom stereocenters. The lowest BCUT2D eigenvalue weighted by Crippen LogP contribution is -2.37. The lowest BCUT2D eigenvalue weighted by molar-refractivity contribution is -0.121. The zero-order chi connectivity index (χ0) is 21.7. The molecular weight excluding hydrogens is 420 g/mol. The van der Waals surface area contributed by atoms with Crippen molar-refractivity contribution in [1.82, 2.24) is 9.88 Å². The molecule has 0 saturated carbocycles. The third-order valence-electron chi connectivity index (χ3n) is 5.34. The van der Waals surface area contributed by atoms with E-state index < -0.39 is 10.0 Å². The lowest BCUT2D eigenvalue weighted by atomic mass is 9.95. The van der Waals surface area contributed by atoms with Crippen molar-refractivity contribution < 1.29 is 13.2 Å². The third-order valence-corrected chi connectivity index (χ3v) is 7.64. The van der Waals surface area contributed by atoms with Crippen molar-refractivity contribution in [3.05, 3.63) is 39.8 Å². The smallest absolute Gasteiger partial charge is 0.232 e. The van der Waals surface area contributed by atoms with Crippen molar-refractivity contribution >= 4 is 38.6 Å². The molecule has 1 fully saturated rings. The summed E-state index contributed by atoms with van der Waals surface area (Å²) < 4.78 is 26.8. The highest BCUT2D eigenvalue weighted by Crippen LogP contribution is 2.27. The molecule has 164 valence electrons. The summed E-state index contributed by atoms with van der Waals surface area (Å²) in [6.45, 7) is 8.22. The number of nitrogens with one attached hydrogen (secondary N) is 2. The van der Waals surface area contributed by atoms with Gasteiger partial charge in [-0.05, 0) is 63.9 Å². The standard InChI is InChI=1S/C21H30N4O3S2/c1-4-12-30(27,28)24-20-7-5-6-19(15(20)2)23-21(26)17-8-10-25(11-9-17)13-18-14-29-16(3)22-18/h5-7,14,17,24H,4,8-13H2,1-3H3,(H,23,26). The van der Waals surface area contributed by atoms with E-state index in [4.69, 9.17) is 0 Å². The minimum absolute atomic E-state index is 0.00387. The van der Waals surface area contributed by atoms with E-state index in [-0.39, 0.29) is 17.6 Å². The van der Waals surface area contributed by atoms with E-state index in [1.165, 1.54) is 0 Å². The van der Waals surface area contributed by atoms with Gasteiger partial charge in [0.15, 0.2) is 0 Å². The molecule has 1 aromatic carbocycles. The first-order valence-corrected chi connectivity index (χ1v) is 12.8. The summed E-state index contributed by atoms with van der Waals surface area (Å²) in [5, 5.41) is 6.18. The molecule has 1 aliphatic heterocycles. The van der Waals surface area contributed by atoms with Gasteiger partial charge in [0, 0.05) is 23.5 Å². The molecule has 1 amide bonds. The van der Waals surface area contributed by atoms with Gasteiger partial charge in [-0.25, -0.2) is 13.4 Å². The van der Waals surface area contributed by atoms with Gasteiger partial charge in [-0.1, -0.05) is 13.0 Å². The molecule has 1 aromatic heterocycles. The first-order chi connectivity index (χ1) is 14.3. The molecule has 0 spiro atoms. The highest BCUT2D eigenvalue weighted by Gasteiger charge is 2.26. The van der Waals surface area contributed by atoms with Crippen LogP contribution in [0.15, 0.2) is 23.6 Å². The number of amides is 1. The fraction of sp³-hybridized carbons (Fsp3) is 0.524. The number of aromatic nitrogens is 1. The number of piperidine rings is 1. The van der Waals surface area contributed by atoms with E-state index >= 15 is 0 Å². The summed E-state index contributed by atoms with van der Waals surface area (Å²) in [6.07, 6.45) is 2.15. The van der Waals surface area contributed by atoms with E-state index in [1.807, 2.05) is 26.8 Å². The van der Waals surface area contributed by atoms with Crippen LogP contribution in [0.1, 0.15) is 42.5 Å². The van der Waals surface area contributed by atoms with Gasteiger partial charge >= 0.3 is 0 Å². The maximum atomic E-state index is 12.8. The Labute approximate surface area is 183 Å². The van der Waals surface area contributed by atoms with Gasteiger partial charge in [0.25, 0.3) is 0 Å². The number of aryl methyl sites for hydroxylation is 1. The Hall–Kier alpha value is -1.97. The predicted octanol–water partition coefficient (Wildman–Crippen LogP) is 3.76. The highest BCUT2D eigenvalue weighted by molar-refractivity contribution is 7.92. The second-order valence-electron chi connectivity index (χ2n) is 7.80. The maximum absolute atomic E-state index is 12.8. The number of hydrogen-bond acceptors (Lipinski definition) is 6. The van der Waals surface area contributed by atoms with E-state index in [1.54, 1.807) is 23.5 Å².